The zero-order valence-corrected chi connectivity index (χ0v) is 52.5. The van der Waals surface area contributed by atoms with Gasteiger partial charge in [0.25, 0.3) is 0 Å². The quantitative estimate of drug-likeness (QED) is 0.0117. The first-order valence-electron chi connectivity index (χ1n) is 22.4. The van der Waals surface area contributed by atoms with Crippen molar-refractivity contribution in [2.75, 3.05) is 28.8 Å². The van der Waals surface area contributed by atoms with Crippen LogP contribution in [0.3, 0.4) is 0 Å². The Morgan fingerprint density at radius 2 is 0.821 bits per heavy atom. The van der Waals surface area contributed by atoms with E-state index in [-0.39, 0.29) is 48.7 Å². The van der Waals surface area contributed by atoms with Gasteiger partial charge < -0.3 is 42.9 Å². The SMILES string of the molecule is CC(=NO)c1cnc(Nc2ccc(C(F)(F)F)cc2)s1.CC(=O)c1cnc(Cl)s1.CC(=O)c1cnc(Nc2ccc(C(F)(F)F)cc2)s1.CC(N)c1cnc(Nc2ccc(C(F)(F)F)cc2)s1.CO.Nc1ccc(C(F)(F)F)cc1.ONCl.[U]. The number of rotatable bonds is 10. The Balaban J connectivity index is 0.000000525. The second-order valence-electron chi connectivity index (χ2n) is 15.5. The number of aliphatic hydroxyl groups excluding tert-OH is 1. The summed E-state index contributed by atoms with van der Waals surface area (Å²) < 4.78 is 148. The fourth-order valence-electron chi connectivity index (χ4n) is 5.28. The molecule has 0 aliphatic carbocycles. The topological polar surface area (TPSA) is 259 Å². The van der Waals surface area contributed by atoms with Crippen molar-refractivity contribution < 1.29 is 109 Å². The molecule has 1 atom stereocenters. The largest absolute Gasteiger partial charge is 0.416 e. The molecule has 8 rings (SSSR count). The number of nitrogens with zero attached hydrogens (tertiary/aromatic N) is 5. The van der Waals surface area contributed by atoms with Gasteiger partial charge in [-0.2, -0.15) is 52.7 Å². The van der Waals surface area contributed by atoms with Crippen molar-refractivity contribution in [3.8, 4) is 0 Å². The van der Waals surface area contributed by atoms with Crippen LogP contribution in [0.5, 0.6) is 0 Å². The Morgan fingerprint density at radius 1 is 0.536 bits per heavy atom. The zero-order valence-electron chi connectivity index (χ0n) is 43.6. The molecule has 11 N–H and O–H groups in total. The monoisotopic (exact) mass is 1530 g/mol. The predicted molar refractivity (Wildman–Crippen MR) is 299 cm³/mol. The van der Waals surface area contributed by atoms with E-state index in [9.17, 15) is 62.3 Å². The van der Waals surface area contributed by atoms with E-state index in [1.54, 1.807) is 13.1 Å². The molecular formula is C49H47Cl2F12N11O5S4U. The van der Waals surface area contributed by atoms with Crippen molar-refractivity contribution in [2.45, 2.75) is 58.4 Å². The number of alkyl halides is 12. The molecule has 4 heterocycles. The van der Waals surface area contributed by atoms with E-state index in [4.69, 9.17) is 38.6 Å². The molecule has 0 spiro atoms. The van der Waals surface area contributed by atoms with E-state index < -0.39 is 47.0 Å². The average molecular weight is 1540 g/mol. The first-order valence-corrected chi connectivity index (χ1v) is 26.4. The number of carbonyl (C=O) groups excluding carboxylic acids is 2. The number of oxime groups is 1. The maximum Gasteiger partial charge on any atom is 0.416 e. The molecule has 1 unspecified atom stereocenters. The molecule has 0 saturated heterocycles. The Bertz CT molecular complexity index is 3240. The minimum Gasteiger partial charge on any atom is -0.411 e. The molecule has 0 aliphatic heterocycles. The summed E-state index contributed by atoms with van der Waals surface area (Å²) in [7, 11) is 1.00. The fourth-order valence-corrected chi connectivity index (χ4v) is 8.42. The van der Waals surface area contributed by atoms with E-state index in [2.05, 4.69) is 52.8 Å². The maximum atomic E-state index is 12.4. The second kappa shape index (κ2) is 36.1. The van der Waals surface area contributed by atoms with Gasteiger partial charge in [0.1, 0.15) is 0 Å². The smallest absolute Gasteiger partial charge is 0.411 e. The number of hydrogen-bond acceptors (Lipinski definition) is 20. The minimum absolute atomic E-state index is 0. The number of nitrogens with one attached hydrogen (secondary N) is 4. The van der Waals surface area contributed by atoms with Crippen molar-refractivity contribution >= 4 is 124 Å². The molecule has 0 radical (unpaired) electrons. The van der Waals surface area contributed by atoms with Crippen molar-refractivity contribution in [2.24, 2.45) is 10.9 Å². The summed E-state index contributed by atoms with van der Waals surface area (Å²) in [4.78, 5) is 41.4. The minimum atomic E-state index is -4.35. The summed E-state index contributed by atoms with van der Waals surface area (Å²) in [6.45, 7) is 6.38. The molecular weight excluding hydrogens is 1490 g/mol. The van der Waals surface area contributed by atoms with Gasteiger partial charge in [0.15, 0.2) is 31.4 Å². The van der Waals surface area contributed by atoms with Gasteiger partial charge in [0.05, 0.1) is 55.0 Å². The summed E-state index contributed by atoms with van der Waals surface area (Å²) in [5, 5.41) is 36.0. The Morgan fingerprint density at radius 3 is 1.08 bits per heavy atom. The molecule has 0 aliphatic rings. The number of hydrogen-bond donors (Lipinski definition) is 9. The third-order valence-corrected chi connectivity index (χ3v) is 13.7. The van der Waals surface area contributed by atoms with E-state index >= 15 is 0 Å². The molecule has 0 saturated carbocycles. The zero-order chi connectivity index (χ0) is 62.9. The van der Waals surface area contributed by atoms with Gasteiger partial charge in [-0.3, -0.25) is 9.59 Å². The second-order valence-corrected chi connectivity index (χ2v) is 20.4. The Kier molecular flexibility index (Phi) is 32.7. The first kappa shape index (κ1) is 76.1. The summed E-state index contributed by atoms with van der Waals surface area (Å²) in [5.74, 6) is -0.0858. The molecule has 4 aromatic carbocycles. The number of ketones is 2. The number of anilines is 7. The van der Waals surface area contributed by atoms with Crippen LogP contribution in [-0.4, -0.2) is 59.8 Å². The van der Waals surface area contributed by atoms with Gasteiger partial charge in [-0.15, -0.1) is 16.3 Å². The van der Waals surface area contributed by atoms with Gasteiger partial charge in [-0.05, 0) is 111 Å². The third kappa shape index (κ3) is 27.8. The molecule has 0 bridgehead atoms. The number of carbonyl (C=O) groups is 2. The summed E-state index contributed by atoms with van der Waals surface area (Å²) in [6, 6.07) is 18.3. The summed E-state index contributed by atoms with van der Waals surface area (Å²) in [6.07, 6.45) is -11.2. The number of Topliss-reactive ketones (excluding diaryl/α,β-unsaturated/α-hetero) is 2. The van der Waals surface area contributed by atoms with E-state index in [1.165, 1.54) is 120 Å². The van der Waals surface area contributed by atoms with Crippen LogP contribution in [0.15, 0.2) is 127 Å². The number of aromatic nitrogens is 4. The summed E-state index contributed by atoms with van der Waals surface area (Å²) >= 11 is 14.7. The summed E-state index contributed by atoms with van der Waals surface area (Å²) in [5.41, 5.74) is 10.4. The van der Waals surface area contributed by atoms with Crippen LogP contribution in [0.1, 0.15) is 85.1 Å². The standard InChI is InChI=1S/C12H10F3N3OS.C12H12F3N3S.C12H9F3N2OS.C7H6F3N.C5H4ClNOS.CH4O.ClH2NO.U/c1-7(18-19)10-6-16-11(20-10)17-9-4-2-8(3-5-9)12(13,14)15;1-7(16)10-6-17-11(19-10)18-9-4-2-8(3-5-9)12(13,14)15;1-7(18)10-6-16-11(19-10)17-9-4-2-8(3-5-9)12(13,14)15;8-7(9,10)5-1-3-6(11)4-2-5;1-3(8)4-2-7-5(6)9-4;1-2;1-2-3;/h2-6,19H,1H3,(H,16,17);2-7H,16H2,1H3,(H,17,18);2-6H,1H3,(H,16,17);1-4H,11H2;2H,1H3;2H,1H3;2-3H;. The predicted octanol–water partition coefficient (Wildman–Crippen LogP) is 16.2. The van der Waals surface area contributed by atoms with Crippen LogP contribution in [0.4, 0.5) is 90.8 Å². The fraction of sp³-hybridized carbons (Fsp3) is 0.204. The van der Waals surface area contributed by atoms with Crippen molar-refractivity contribution in [1.29, 1.82) is 0 Å². The normalized spacial score (nSPS) is 11.4. The van der Waals surface area contributed by atoms with Crippen molar-refractivity contribution in [3.05, 3.63) is 168 Å². The maximum absolute atomic E-state index is 12.4. The third-order valence-electron chi connectivity index (χ3n) is 9.29. The molecule has 8 aromatic rings. The number of thiazole rings is 4. The Labute approximate surface area is 520 Å². The molecule has 454 valence electrons. The van der Waals surface area contributed by atoms with Crippen LogP contribution < -0.4 is 32.4 Å². The van der Waals surface area contributed by atoms with Gasteiger partial charge in [-0.1, -0.05) is 50.8 Å². The molecule has 0 fully saturated rings. The van der Waals surface area contributed by atoms with Gasteiger partial charge >= 0.3 is 24.7 Å². The van der Waals surface area contributed by atoms with Gasteiger partial charge in [0, 0.05) is 110 Å². The number of nitrogens with two attached hydrogens (primary N) is 2. The van der Waals surface area contributed by atoms with E-state index in [0.717, 1.165) is 71.9 Å². The van der Waals surface area contributed by atoms with Crippen LogP contribution in [0.2, 0.25) is 4.47 Å². The first-order chi connectivity index (χ1) is 38.7. The number of aliphatic hydroxyl groups is 1. The number of halogens is 14. The van der Waals surface area contributed by atoms with Crippen molar-refractivity contribution in [3.63, 3.8) is 0 Å². The number of nitrogen functional groups attached to an aromatic ring is 1. The van der Waals surface area contributed by atoms with Gasteiger partial charge in [-0.25, -0.2) is 19.9 Å². The van der Waals surface area contributed by atoms with Crippen LogP contribution in [-0.2, 0) is 24.7 Å². The Hall–Kier alpha value is -5.96. The number of benzene rings is 4. The molecule has 35 heteroatoms. The van der Waals surface area contributed by atoms with Crippen LogP contribution in [0, 0.1) is 31.1 Å². The van der Waals surface area contributed by atoms with Crippen LogP contribution >= 0.6 is 68.7 Å². The van der Waals surface area contributed by atoms with Crippen molar-refractivity contribution in [1.82, 2.24) is 24.9 Å². The van der Waals surface area contributed by atoms with E-state index in [1.807, 2.05) is 6.92 Å². The molecule has 4 aromatic heterocycles. The molecule has 0 amide bonds. The van der Waals surface area contributed by atoms with Gasteiger partial charge in [0.2, 0.25) is 0 Å². The molecule has 16 nitrogen and oxygen atoms in total. The molecule has 84 heavy (non-hydrogen) atoms. The average Bonchev–Trinajstić information content (AvgIpc) is 4.38. The van der Waals surface area contributed by atoms with Crippen LogP contribution in [0.25, 0.3) is 0 Å². The van der Waals surface area contributed by atoms with E-state index in [0.29, 0.717) is 63.0 Å².